The second kappa shape index (κ2) is 5.93. The molecule has 0 saturated carbocycles. The highest BCUT2D eigenvalue weighted by Crippen LogP contribution is 2.31. The third-order valence-corrected chi connectivity index (χ3v) is 3.97. The van der Waals surface area contributed by atoms with Gasteiger partial charge in [-0.1, -0.05) is 24.3 Å². The summed E-state index contributed by atoms with van der Waals surface area (Å²) in [4.78, 5) is 11.9. The van der Waals surface area contributed by atoms with Crippen molar-refractivity contribution in [3.63, 3.8) is 0 Å². The molecule has 5 heteroatoms. The fourth-order valence-electron chi connectivity index (χ4n) is 2.73. The van der Waals surface area contributed by atoms with Crippen LogP contribution < -0.4 is 11.2 Å². The number of pyridine rings is 1. The first-order valence-electron chi connectivity index (χ1n) is 7.37. The van der Waals surface area contributed by atoms with E-state index in [1.54, 1.807) is 28.8 Å². The fraction of sp³-hybridized carbons (Fsp3) is 0.167. The van der Waals surface area contributed by atoms with Gasteiger partial charge in [0.15, 0.2) is 11.2 Å². The maximum Gasteiger partial charge on any atom is 0.189 e. The first-order valence-corrected chi connectivity index (χ1v) is 7.37. The van der Waals surface area contributed by atoms with Gasteiger partial charge in [-0.15, -0.1) is 0 Å². The van der Waals surface area contributed by atoms with Crippen LogP contribution in [0.25, 0.3) is 22.0 Å². The molecule has 3 nitrogen and oxygen atoms in total. The van der Waals surface area contributed by atoms with Crippen molar-refractivity contribution in [3.8, 4) is 11.1 Å². The number of aryl methyl sites for hydroxylation is 1. The Morgan fingerprint density at radius 2 is 1.83 bits per heavy atom. The number of hydrogen-bond acceptors (Lipinski definition) is 2. The van der Waals surface area contributed by atoms with Crippen LogP contribution in [0.1, 0.15) is 12.5 Å². The minimum absolute atomic E-state index is 0.0479. The molecule has 0 fully saturated rings. The van der Waals surface area contributed by atoms with E-state index >= 15 is 4.39 Å². The van der Waals surface area contributed by atoms with Gasteiger partial charge in [-0.05, 0) is 24.1 Å². The van der Waals surface area contributed by atoms with Crippen molar-refractivity contribution in [2.45, 2.75) is 20.0 Å². The summed E-state index contributed by atoms with van der Waals surface area (Å²) in [6, 6.07) is 9.16. The first kappa shape index (κ1) is 15.4. The van der Waals surface area contributed by atoms with Crippen LogP contribution in [-0.4, -0.2) is 4.57 Å². The van der Waals surface area contributed by atoms with Gasteiger partial charge in [-0.2, -0.15) is 0 Å². The van der Waals surface area contributed by atoms with Crippen molar-refractivity contribution < 1.29 is 8.78 Å². The number of fused-ring (bicyclic) bond motifs is 1. The molecule has 3 aromatic rings. The van der Waals surface area contributed by atoms with Gasteiger partial charge < -0.3 is 10.3 Å². The summed E-state index contributed by atoms with van der Waals surface area (Å²) >= 11 is 0. The van der Waals surface area contributed by atoms with Gasteiger partial charge in [0.05, 0.1) is 16.5 Å². The lowest BCUT2D eigenvalue weighted by atomic mass is 10.00. The van der Waals surface area contributed by atoms with E-state index in [-0.39, 0.29) is 16.5 Å². The van der Waals surface area contributed by atoms with Crippen molar-refractivity contribution >= 4 is 10.9 Å². The first-order chi connectivity index (χ1) is 11.1. The van der Waals surface area contributed by atoms with Gasteiger partial charge >= 0.3 is 0 Å². The molecule has 1 heterocycles. The SMILES string of the molecule is CCn1ccc(=O)c2cc(F)c(-c3ccc(CN)cc3)c(F)c21. The number of hydrogen-bond donors (Lipinski definition) is 1. The number of nitrogens with two attached hydrogens (primary N) is 1. The van der Waals surface area contributed by atoms with E-state index in [4.69, 9.17) is 5.73 Å². The molecule has 118 valence electrons. The molecule has 0 unspecified atom stereocenters. The molecule has 0 aliphatic rings. The van der Waals surface area contributed by atoms with Gasteiger partial charge in [-0.25, -0.2) is 8.78 Å². The van der Waals surface area contributed by atoms with Gasteiger partial charge in [0, 0.05) is 25.4 Å². The molecule has 2 N–H and O–H groups in total. The van der Waals surface area contributed by atoms with E-state index in [0.717, 1.165) is 11.6 Å². The molecule has 23 heavy (non-hydrogen) atoms. The Morgan fingerprint density at radius 1 is 1.13 bits per heavy atom. The van der Waals surface area contributed by atoms with E-state index in [9.17, 15) is 9.18 Å². The number of halogens is 2. The lowest BCUT2D eigenvalue weighted by molar-refractivity contribution is 0.590. The lowest BCUT2D eigenvalue weighted by Crippen LogP contribution is -2.10. The van der Waals surface area contributed by atoms with Crippen LogP contribution >= 0.6 is 0 Å². The summed E-state index contributed by atoms with van der Waals surface area (Å²) in [5, 5.41) is 0.0479. The molecule has 0 aliphatic heterocycles. The van der Waals surface area contributed by atoms with E-state index in [2.05, 4.69) is 0 Å². The van der Waals surface area contributed by atoms with Crippen LogP contribution in [0.3, 0.4) is 0 Å². The summed E-state index contributed by atoms with van der Waals surface area (Å²) in [6.45, 7) is 2.67. The second-order valence-corrected chi connectivity index (χ2v) is 5.31. The molecular weight excluding hydrogens is 298 g/mol. The Balaban J connectivity index is 2.35. The standard InChI is InChI=1S/C18H16F2N2O/c1-2-22-8-7-15(23)13-9-14(19)16(17(20)18(13)22)12-5-3-11(10-21)4-6-12/h3-9H,2,10,21H2,1H3. The van der Waals surface area contributed by atoms with E-state index in [1.807, 2.05) is 6.92 Å². The van der Waals surface area contributed by atoms with Gasteiger partial charge in [0.2, 0.25) is 0 Å². The quantitative estimate of drug-likeness (QED) is 0.805. The molecular formula is C18H16F2N2O. The summed E-state index contributed by atoms with van der Waals surface area (Å²) in [5.41, 5.74) is 6.43. The van der Waals surface area contributed by atoms with Crippen molar-refractivity contribution in [3.05, 3.63) is 70.0 Å². The van der Waals surface area contributed by atoms with Crippen LogP contribution in [0.5, 0.6) is 0 Å². The highest BCUT2D eigenvalue weighted by atomic mass is 19.1. The fourth-order valence-corrected chi connectivity index (χ4v) is 2.73. The summed E-state index contributed by atoms with van der Waals surface area (Å²) in [5.74, 6) is -1.47. The Kier molecular flexibility index (Phi) is 3.96. The highest BCUT2D eigenvalue weighted by Gasteiger charge is 2.18. The Morgan fingerprint density at radius 3 is 2.43 bits per heavy atom. The summed E-state index contributed by atoms with van der Waals surface area (Å²) in [6.07, 6.45) is 1.52. The molecule has 0 radical (unpaired) electrons. The number of rotatable bonds is 3. The molecule has 3 rings (SSSR count). The summed E-state index contributed by atoms with van der Waals surface area (Å²) < 4.78 is 31.1. The average Bonchev–Trinajstić information content (AvgIpc) is 2.56. The zero-order valence-corrected chi connectivity index (χ0v) is 12.6. The maximum atomic E-state index is 15.0. The Hall–Kier alpha value is -2.53. The molecule has 0 bridgehead atoms. The maximum absolute atomic E-state index is 15.0. The molecule has 0 aliphatic carbocycles. The third kappa shape index (κ3) is 2.53. The molecule has 0 spiro atoms. The second-order valence-electron chi connectivity index (χ2n) is 5.31. The predicted molar refractivity (Wildman–Crippen MR) is 87.1 cm³/mol. The Bertz CT molecular complexity index is 930. The van der Waals surface area contributed by atoms with Gasteiger partial charge in [-0.3, -0.25) is 4.79 Å². The van der Waals surface area contributed by atoms with Crippen LogP contribution in [0.2, 0.25) is 0 Å². The van der Waals surface area contributed by atoms with Crippen molar-refractivity contribution in [1.82, 2.24) is 4.57 Å². The predicted octanol–water partition coefficient (Wildman–Crippen LogP) is 3.43. The molecule has 2 aromatic carbocycles. The smallest absolute Gasteiger partial charge is 0.189 e. The number of aromatic nitrogens is 1. The monoisotopic (exact) mass is 314 g/mol. The van der Waals surface area contributed by atoms with E-state index in [1.165, 1.54) is 12.3 Å². The van der Waals surface area contributed by atoms with Crippen molar-refractivity contribution in [2.24, 2.45) is 5.73 Å². The summed E-state index contributed by atoms with van der Waals surface area (Å²) in [7, 11) is 0. The minimum Gasteiger partial charge on any atom is -0.345 e. The lowest BCUT2D eigenvalue weighted by Gasteiger charge is -2.13. The van der Waals surface area contributed by atoms with Crippen molar-refractivity contribution in [1.29, 1.82) is 0 Å². The van der Waals surface area contributed by atoms with E-state index < -0.39 is 17.1 Å². The normalized spacial score (nSPS) is 11.1. The molecule has 0 atom stereocenters. The van der Waals surface area contributed by atoms with Crippen molar-refractivity contribution in [2.75, 3.05) is 0 Å². The highest BCUT2D eigenvalue weighted by molar-refractivity contribution is 5.86. The van der Waals surface area contributed by atoms with Crippen LogP contribution in [-0.2, 0) is 13.1 Å². The van der Waals surface area contributed by atoms with Crippen LogP contribution in [0.4, 0.5) is 8.78 Å². The van der Waals surface area contributed by atoms with E-state index in [0.29, 0.717) is 18.7 Å². The average molecular weight is 314 g/mol. The molecule has 0 saturated heterocycles. The Labute approximate surface area is 132 Å². The van der Waals surface area contributed by atoms with Crippen LogP contribution in [0, 0.1) is 11.6 Å². The van der Waals surface area contributed by atoms with Crippen LogP contribution in [0.15, 0.2) is 47.4 Å². The minimum atomic E-state index is -0.749. The largest absolute Gasteiger partial charge is 0.345 e. The van der Waals surface area contributed by atoms with Gasteiger partial charge in [0.1, 0.15) is 5.82 Å². The molecule has 0 amide bonds. The van der Waals surface area contributed by atoms with Gasteiger partial charge in [0.25, 0.3) is 0 Å². The number of nitrogens with zero attached hydrogens (tertiary/aromatic N) is 1. The number of benzene rings is 2. The molecule has 1 aromatic heterocycles. The topological polar surface area (TPSA) is 48.0 Å². The third-order valence-electron chi connectivity index (χ3n) is 3.97. The zero-order valence-electron chi connectivity index (χ0n) is 12.6. The zero-order chi connectivity index (χ0) is 16.6.